The molecule has 2 heteroatoms. The summed E-state index contributed by atoms with van der Waals surface area (Å²) in [5.74, 6) is 1.97. The second-order valence-corrected chi connectivity index (χ2v) is 4.48. The molecule has 1 saturated carbocycles. The first-order chi connectivity index (χ1) is 5.80. The molecule has 2 nitrogen and oxygen atoms in total. The van der Waals surface area contributed by atoms with Gasteiger partial charge in [-0.2, -0.15) is 0 Å². The molecule has 0 radical (unpaired) electrons. The molecule has 66 valence electrons. The third-order valence-corrected chi connectivity index (χ3v) is 3.96. The van der Waals surface area contributed by atoms with Crippen molar-refractivity contribution in [2.24, 2.45) is 17.8 Å². The number of nitrogens with one attached hydrogen (secondary N) is 1. The lowest BCUT2D eigenvalue weighted by atomic mass is 9.61. The van der Waals surface area contributed by atoms with Crippen LogP contribution in [-0.2, 0) is 0 Å². The number of allylic oxidation sites excluding steroid dienone is 1. The lowest BCUT2D eigenvalue weighted by Gasteiger charge is -2.46. The van der Waals surface area contributed by atoms with Crippen LogP contribution in [0.5, 0.6) is 0 Å². The van der Waals surface area contributed by atoms with E-state index in [1.165, 1.54) is 6.42 Å². The van der Waals surface area contributed by atoms with E-state index in [0.29, 0.717) is 11.8 Å². The molecule has 1 heterocycles. The largest absolute Gasteiger partial charge is 0.385 e. The smallest absolute Gasteiger partial charge is 0.0871 e. The summed E-state index contributed by atoms with van der Waals surface area (Å²) < 4.78 is 0. The van der Waals surface area contributed by atoms with Gasteiger partial charge in [-0.15, -0.1) is 0 Å². The monoisotopic (exact) mass is 165 g/mol. The first-order valence-electron chi connectivity index (χ1n) is 4.92. The van der Waals surface area contributed by atoms with Crippen LogP contribution in [0.3, 0.4) is 0 Å². The summed E-state index contributed by atoms with van der Waals surface area (Å²) in [4.78, 5) is 0. The highest BCUT2D eigenvalue weighted by Gasteiger charge is 2.51. The molecular formula is C10H15NO. The fourth-order valence-corrected chi connectivity index (χ4v) is 3.23. The maximum absolute atomic E-state index is 10.3. The van der Waals surface area contributed by atoms with Gasteiger partial charge in [0.15, 0.2) is 0 Å². The number of aliphatic hydroxyl groups is 1. The Balaban J connectivity index is 2.03. The Morgan fingerprint density at radius 3 is 3.00 bits per heavy atom. The van der Waals surface area contributed by atoms with Crippen LogP contribution in [0.2, 0.25) is 0 Å². The SMILES string of the molecule is OC12C=CC(CC1)C1CNCC12. The molecule has 0 amide bonds. The van der Waals surface area contributed by atoms with Gasteiger partial charge in [-0.25, -0.2) is 0 Å². The second kappa shape index (κ2) is 2.12. The molecule has 0 aromatic carbocycles. The summed E-state index contributed by atoms with van der Waals surface area (Å²) in [5, 5.41) is 13.7. The highest BCUT2D eigenvalue weighted by Crippen LogP contribution is 2.48. The Labute approximate surface area is 72.7 Å². The van der Waals surface area contributed by atoms with Crippen LogP contribution >= 0.6 is 0 Å². The third-order valence-electron chi connectivity index (χ3n) is 3.96. The van der Waals surface area contributed by atoms with Crippen LogP contribution in [0, 0.1) is 17.8 Å². The normalized spacial score (nSPS) is 55.9. The molecule has 4 unspecified atom stereocenters. The van der Waals surface area contributed by atoms with Crippen LogP contribution in [0.15, 0.2) is 12.2 Å². The van der Waals surface area contributed by atoms with Crippen molar-refractivity contribution in [3.63, 3.8) is 0 Å². The van der Waals surface area contributed by atoms with E-state index in [2.05, 4.69) is 17.5 Å². The van der Waals surface area contributed by atoms with Crippen molar-refractivity contribution < 1.29 is 5.11 Å². The fourth-order valence-electron chi connectivity index (χ4n) is 3.23. The zero-order valence-electron chi connectivity index (χ0n) is 7.16. The Kier molecular flexibility index (Phi) is 1.25. The number of fused-ring (bicyclic) bond motifs is 1. The molecule has 0 aromatic heterocycles. The number of rotatable bonds is 0. The van der Waals surface area contributed by atoms with Crippen LogP contribution in [0.4, 0.5) is 0 Å². The van der Waals surface area contributed by atoms with Gasteiger partial charge in [-0.05, 0) is 31.2 Å². The molecule has 1 aliphatic heterocycles. The molecule has 0 spiro atoms. The van der Waals surface area contributed by atoms with Gasteiger partial charge < -0.3 is 10.4 Å². The maximum Gasteiger partial charge on any atom is 0.0871 e. The van der Waals surface area contributed by atoms with E-state index in [9.17, 15) is 5.11 Å². The van der Waals surface area contributed by atoms with Gasteiger partial charge in [0.2, 0.25) is 0 Å². The van der Waals surface area contributed by atoms with Gasteiger partial charge in [-0.1, -0.05) is 12.2 Å². The highest BCUT2D eigenvalue weighted by molar-refractivity contribution is 5.20. The van der Waals surface area contributed by atoms with Crippen molar-refractivity contribution in [3.05, 3.63) is 12.2 Å². The third kappa shape index (κ3) is 0.723. The first-order valence-corrected chi connectivity index (χ1v) is 4.92. The first kappa shape index (κ1) is 7.10. The van der Waals surface area contributed by atoms with Gasteiger partial charge in [-0.3, -0.25) is 0 Å². The number of hydrogen-bond donors (Lipinski definition) is 2. The zero-order chi connectivity index (χ0) is 8.18. The van der Waals surface area contributed by atoms with Gasteiger partial charge in [0.05, 0.1) is 5.60 Å². The molecule has 2 bridgehead atoms. The van der Waals surface area contributed by atoms with E-state index in [1.807, 2.05) is 0 Å². The van der Waals surface area contributed by atoms with Crippen LogP contribution in [0.1, 0.15) is 12.8 Å². The Bertz CT molecular complexity index is 238. The van der Waals surface area contributed by atoms with Crippen molar-refractivity contribution in [2.45, 2.75) is 18.4 Å². The standard InChI is InChI=1S/C10H15NO/c12-10-3-1-7(2-4-10)8-5-11-6-9(8)10/h1,3,7-9,11-12H,2,4-6H2. The molecule has 2 N–H and O–H groups in total. The Morgan fingerprint density at radius 2 is 2.33 bits per heavy atom. The average Bonchev–Trinajstić information content (AvgIpc) is 2.55. The maximum atomic E-state index is 10.3. The van der Waals surface area contributed by atoms with Gasteiger partial charge in [0, 0.05) is 12.5 Å². The minimum absolute atomic E-state index is 0.455. The summed E-state index contributed by atoms with van der Waals surface area (Å²) in [6.45, 7) is 2.13. The summed E-state index contributed by atoms with van der Waals surface area (Å²) in [6.07, 6.45) is 6.46. The van der Waals surface area contributed by atoms with Crippen molar-refractivity contribution in [1.29, 1.82) is 0 Å². The Hall–Kier alpha value is -0.340. The van der Waals surface area contributed by atoms with Crippen molar-refractivity contribution >= 4 is 0 Å². The lowest BCUT2D eigenvalue weighted by Crippen LogP contribution is -2.49. The van der Waals surface area contributed by atoms with E-state index in [4.69, 9.17) is 0 Å². The molecule has 2 fully saturated rings. The predicted molar refractivity (Wildman–Crippen MR) is 46.7 cm³/mol. The average molecular weight is 165 g/mol. The molecule has 4 atom stereocenters. The summed E-state index contributed by atoms with van der Waals surface area (Å²) in [5.41, 5.74) is -0.455. The fraction of sp³-hybridized carbons (Fsp3) is 0.800. The van der Waals surface area contributed by atoms with Gasteiger partial charge in [0.25, 0.3) is 0 Å². The van der Waals surface area contributed by atoms with E-state index in [0.717, 1.165) is 25.4 Å². The van der Waals surface area contributed by atoms with Crippen LogP contribution in [-0.4, -0.2) is 23.8 Å². The predicted octanol–water partition coefficient (Wildman–Crippen LogP) is 0.533. The van der Waals surface area contributed by atoms with Crippen LogP contribution < -0.4 is 5.32 Å². The topological polar surface area (TPSA) is 32.3 Å². The molecular weight excluding hydrogens is 150 g/mol. The molecule has 3 aliphatic carbocycles. The van der Waals surface area contributed by atoms with E-state index < -0.39 is 5.60 Å². The quantitative estimate of drug-likeness (QED) is 0.513. The minimum Gasteiger partial charge on any atom is -0.385 e. The molecule has 4 aliphatic rings. The van der Waals surface area contributed by atoms with E-state index in [-0.39, 0.29) is 0 Å². The summed E-state index contributed by atoms with van der Waals surface area (Å²) >= 11 is 0. The van der Waals surface area contributed by atoms with E-state index >= 15 is 0 Å². The Morgan fingerprint density at radius 1 is 1.42 bits per heavy atom. The molecule has 0 aromatic rings. The van der Waals surface area contributed by atoms with Crippen molar-refractivity contribution in [3.8, 4) is 0 Å². The van der Waals surface area contributed by atoms with Crippen molar-refractivity contribution in [2.75, 3.05) is 13.1 Å². The zero-order valence-corrected chi connectivity index (χ0v) is 7.16. The van der Waals surface area contributed by atoms with E-state index in [1.54, 1.807) is 0 Å². The van der Waals surface area contributed by atoms with Gasteiger partial charge >= 0.3 is 0 Å². The van der Waals surface area contributed by atoms with Gasteiger partial charge in [0.1, 0.15) is 0 Å². The summed E-state index contributed by atoms with van der Waals surface area (Å²) in [6, 6.07) is 0. The summed E-state index contributed by atoms with van der Waals surface area (Å²) in [7, 11) is 0. The second-order valence-electron chi connectivity index (χ2n) is 4.48. The van der Waals surface area contributed by atoms with Crippen molar-refractivity contribution in [1.82, 2.24) is 5.32 Å². The number of hydrogen-bond acceptors (Lipinski definition) is 2. The minimum atomic E-state index is -0.455. The lowest BCUT2D eigenvalue weighted by molar-refractivity contribution is -0.0410. The molecule has 12 heavy (non-hydrogen) atoms. The molecule has 4 rings (SSSR count). The van der Waals surface area contributed by atoms with Crippen LogP contribution in [0.25, 0.3) is 0 Å². The molecule has 1 saturated heterocycles. The highest BCUT2D eigenvalue weighted by atomic mass is 16.3.